The molecule has 0 aromatic rings. The Kier molecular flexibility index (Phi) is 5.87. The number of carboxylic acids is 1. The molecule has 1 unspecified atom stereocenters. The van der Waals surface area contributed by atoms with Gasteiger partial charge in [0.1, 0.15) is 6.54 Å². The highest BCUT2D eigenvalue weighted by atomic mass is 32.2. The summed E-state index contributed by atoms with van der Waals surface area (Å²) < 4.78 is 26.4. The molecule has 9 heteroatoms. The topological polar surface area (TPSA) is 98.2 Å². The van der Waals surface area contributed by atoms with E-state index in [1.54, 1.807) is 4.31 Å². The van der Waals surface area contributed by atoms with Gasteiger partial charge in [-0.15, -0.1) is 0 Å². The quantitative estimate of drug-likeness (QED) is 0.729. The molecule has 1 spiro atoms. The molecule has 2 aliphatic heterocycles. The first kappa shape index (κ1) is 19.1. The standard InChI is InChI=1S/C15H27N3O5S/c1-3-10-24(22,23)18-9-8-16(2)15(12-18)5-4-13(19)17(7-6-15)11-14(20)21/h3-12H2,1-2H3,(H,20,21). The lowest BCUT2D eigenvalue weighted by Gasteiger charge is -2.48. The van der Waals surface area contributed by atoms with Crippen LogP contribution in [0.4, 0.5) is 0 Å². The van der Waals surface area contributed by atoms with E-state index in [-0.39, 0.29) is 24.6 Å². The maximum Gasteiger partial charge on any atom is 0.323 e. The summed E-state index contributed by atoms with van der Waals surface area (Å²) in [5.74, 6) is -1.06. The van der Waals surface area contributed by atoms with Crippen LogP contribution in [0, 0.1) is 0 Å². The number of rotatable bonds is 5. The third kappa shape index (κ3) is 4.07. The Morgan fingerprint density at radius 2 is 1.96 bits per heavy atom. The highest BCUT2D eigenvalue weighted by Crippen LogP contribution is 2.33. The fourth-order valence-corrected chi connectivity index (χ4v) is 5.18. The molecular weight excluding hydrogens is 334 g/mol. The highest BCUT2D eigenvalue weighted by molar-refractivity contribution is 7.89. The molecule has 0 saturated carbocycles. The molecule has 8 nitrogen and oxygen atoms in total. The van der Waals surface area contributed by atoms with E-state index < -0.39 is 21.5 Å². The van der Waals surface area contributed by atoms with Gasteiger partial charge in [0.25, 0.3) is 0 Å². The number of carboxylic acid groups (broad SMARTS) is 1. The van der Waals surface area contributed by atoms with Crippen molar-refractivity contribution in [3.8, 4) is 0 Å². The van der Waals surface area contributed by atoms with Gasteiger partial charge >= 0.3 is 5.97 Å². The summed E-state index contributed by atoms with van der Waals surface area (Å²) >= 11 is 0. The molecule has 1 N–H and O–H groups in total. The minimum absolute atomic E-state index is 0.136. The Morgan fingerprint density at radius 1 is 1.25 bits per heavy atom. The van der Waals surface area contributed by atoms with Gasteiger partial charge in [-0.05, 0) is 26.3 Å². The van der Waals surface area contributed by atoms with Crippen molar-refractivity contribution in [2.75, 3.05) is 45.5 Å². The van der Waals surface area contributed by atoms with Gasteiger partial charge in [-0.2, -0.15) is 4.31 Å². The predicted molar refractivity (Wildman–Crippen MR) is 89.1 cm³/mol. The predicted octanol–water partition coefficient (Wildman–Crippen LogP) is -0.190. The lowest BCUT2D eigenvalue weighted by atomic mass is 9.87. The molecule has 0 aliphatic carbocycles. The van der Waals surface area contributed by atoms with Crippen LogP contribution in [-0.4, -0.2) is 90.6 Å². The maximum atomic E-state index is 12.4. The Bertz CT molecular complexity index is 594. The van der Waals surface area contributed by atoms with Crippen LogP contribution in [0.2, 0.25) is 0 Å². The first-order chi connectivity index (χ1) is 11.2. The first-order valence-electron chi connectivity index (χ1n) is 8.39. The number of likely N-dealkylation sites (tertiary alicyclic amines) is 1. The van der Waals surface area contributed by atoms with E-state index in [1.165, 1.54) is 4.90 Å². The Morgan fingerprint density at radius 3 is 2.58 bits per heavy atom. The Labute approximate surface area is 143 Å². The van der Waals surface area contributed by atoms with Gasteiger partial charge in [-0.3, -0.25) is 14.5 Å². The molecule has 24 heavy (non-hydrogen) atoms. The average molecular weight is 361 g/mol. The van der Waals surface area contributed by atoms with Crippen LogP contribution in [0.15, 0.2) is 0 Å². The van der Waals surface area contributed by atoms with Crippen molar-refractivity contribution in [2.45, 2.75) is 38.1 Å². The number of hydrogen-bond acceptors (Lipinski definition) is 5. The zero-order chi connectivity index (χ0) is 18.0. The van der Waals surface area contributed by atoms with Gasteiger partial charge in [-0.1, -0.05) is 6.92 Å². The number of amides is 1. The van der Waals surface area contributed by atoms with Gasteiger partial charge in [0.15, 0.2) is 0 Å². The van der Waals surface area contributed by atoms with E-state index >= 15 is 0 Å². The molecule has 0 aromatic carbocycles. The Hall–Kier alpha value is -1.19. The smallest absolute Gasteiger partial charge is 0.323 e. The number of hydrogen-bond donors (Lipinski definition) is 1. The molecule has 1 atom stereocenters. The van der Waals surface area contributed by atoms with Gasteiger partial charge in [-0.25, -0.2) is 8.42 Å². The second kappa shape index (κ2) is 7.37. The van der Waals surface area contributed by atoms with Crippen molar-refractivity contribution >= 4 is 21.9 Å². The van der Waals surface area contributed by atoms with Gasteiger partial charge in [0.2, 0.25) is 15.9 Å². The lowest BCUT2D eigenvalue weighted by molar-refractivity contribution is -0.144. The van der Waals surface area contributed by atoms with Crippen molar-refractivity contribution in [1.82, 2.24) is 14.1 Å². The number of piperazine rings is 1. The zero-order valence-electron chi connectivity index (χ0n) is 14.4. The molecular formula is C15H27N3O5S. The largest absolute Gasteiger partial charge is 0.480 e. The van der Waals surface area contributed by atoms with Crippen LogP contribution in [0.3, 0.4) is 0 Å². The van der Waals surface area contributed by atoms with Gasteiger partial charge in [0, 0.05) is 38.1 Å². The summed E-state index contributed by atoms with van der Waals surface area (Å²) in [5.41, 5.74) is -0.401. The third-order valence-corrected chi connectivity index (χ3v) is 7.17. The van der Waals surface area contributed by atoms with E-state index in [1.807, 2.05) is 14.0 Å². The molecule has 0 bridgehead atoms. The van der Waals surface area contributed by atoms with Crippen molar-refractivity contribution in [2.24, 2.45) is 0 Å². The molecule has 1 amide bonds. The fraction of sp³-hybridized carbons (Fsp3) is 0.867. The molecule has 2 aliphatic rings. The van der Waals surface area contributed by atoms with Crippen LogP contribution in [0.25, 0.3) is 0 Å². The maximum absolute atomic E-state index is 12.4. The molecule has 0 aromatic heterocycles. The summed E-state index contributed by atoms with van der Waals surface area (Å²) in [6.07, 6.45) is 1.96. The molecule has 2 rings (SSSR count). The van der Waals surface area contributed by atoms with Crippen LogP contribution < -0.4 is 0 Å². The minimum Gasteiger partial charge on any atom is -0.480 e. The summed E-state index contributed by atoms with van der Waals surface area (Å²) in [4.78, 5) is 26.6. The monoisotopic (exact) mass is 361 g/mol. The molecule has 2 heterocycles. The molecule has 0 radical (unpaired) electrons. The van der Waals surface area contributed by atoms with E-state index in [2.05, 4.69) is 4.90 Å². The second-order valence-electron chi connectivity index (χ2n) is 6.75. The van der Waals surface area contributed by atoms with E-state index in [0.717, 1.165) is 0 Å². The summed E-state index contributed by atoms with van der Waals surface area (Å²) in [6.45, 7) is 3.36. The normalized spacial score (nSPS) is 27.4. The van der Waals surface area contributed by atoms with Gasteiger partial charge in [0.05, 0.1) is 5.75 Å². The van der Waals surface area contributed by atoms with Gasteiger partial charge < -0.3 is 10.0 Å². The van der Waals surface area contributed by atoms with Crippen molar-refractivity contribution in [1.29, 1.82) is 0 Å². The van der Waals surface area contributed by atoms with Crippen molar-refractivity contribution < 1.29 is 23.1 Å². The summed E-state index contributed by atoms with van der Waals surface area (Å²) in [6, 6.07) is 0. The number of nitrogens with zero attached hydrogens (tertiary/aromatic N) is 3. The van der Waals surface area contributed by atoms with Crippen molar-refractivity contribution in [3.63, 3.8) is 0 Å². The van der Waals surface area contributed by atoms with E-state index in [0.29, 0.717) is 45.4 Å². The summed E-state index contributed by atoms with van der Waals surface area (Å²) in [5, 5.41) is 8.95. The lowest BCUT2D eigenvalue weighted by Crippen LogP contribution is -2.62. The second-order valence-corrected chi connectivity index (χ2v) is 8.84. The number of carbonyl (C=O) groups excluding carboxylic acids is 1. The third-order valence-electron chi connectivity index (χ3n) is 5.15. The van der Waals surface area contributed by atoms with Crippen molar-refractivity contribution in [3.05, 3.63) is 0 Å². The Balaban J connectivity index is 2.17. The number of sulfonamides is 1. The first-order valence-corrected chi connectivity index (χ1v) is 10.00. The number of carbonyl (C=O) groups is 2. The fourth-order valence-electron chi connectivity index (χ4n) is 3.61. The SMILES string of the molecule is CCCS(=O)(=O)N1CCN(C)C2(CCC(=O)N(CC(=O)O)CC2)C1. The highest BCUT2D eigenvalue weighted by Gasteiger charge is 2.44. The number of aliphatic carboxylic acids is 1. The minimum atomic E-state index is -3.28. The van der Waals surface area contributed by atoms with Crippen LogP contribution in [0.1, 0.15) is 32.6 Å². The average Bonchev–Trinajstić information content (AvgIpc) is 2.64. The van der Waals surface area contributed by atoms with E-state index in [9.17, 15) is 18.0 Å². The molecule has 2 fully saturated rings. The van der Waals surface area contributed by atoms with Crippen LogP contribution in [-0.2, 0) is 19.6 Å². The van der Waals surface area contributed by atoms with E-state index in [4.69, 9.17) is 5.11 Å². The number of likely N-dealkylation sites (N-methyl/N-ethyl adjacent to an activating group) is 1. The zero-order valence-corrected chi connectivity index (χ0v) is 15.2. The molecule has 138 valence electrons. The van der Waals surface area contributed by atoms with Crippen LogP contribution >= 0.6 is 0 Å². The molecule has 2 saturated heterocycles. The summed E-state index contributed by atoms with van der Waals surface area (Å²) in [7, 11) is -1.32. The van der Waals surface area contributed by atoms with Crippen LogP contribution in [0.5, 0.6) is 0 Å².